The second-order valence-electron chi connectivity index (χ2n) is 2.26. The van der Waals surface area contributed by atoms with E-state index in [2.05, 4.69) is 5.16 Å². The van der Waals surface area contributed by atoms with Gasteiger partial charge in [0.2, 0.25) is 0 Å². The van der Waals surface area contributed by atoms with Gasteiger partial charge in [0, 0.05) is 0 Å². The van der Waals surface area contributed by atoms with E-state index in [0.717, 1.165) is 12.1 Å². The third-order valence-corrected chi connectivity index (χ3v) is 1.11. The second-order valence-corrected chi connectivity index (χ2v) is 2.26. The molecule has 3 nitrogen and oxygen atoms in total. The number of allylic oxidation sites excluding steroid dienone is 2. The second kappa shape index (κ2) is 13.3. The Morgan fingerprint density at radius 2 is 1.77 bits per heavy atom. The van der Waals surface area contributed by atoms with Crippen LogP contribution in [-0.4, -0.2) is 10.9 Å². The Morgan fingerprint density at radius 1 is 1.31 bits per heavy atom. The molecule has 0 radical (unpaired) electrons. The summed E-state index contributed by atoms with van der Waals surface area (Å²) in [4.78, 5) is 0. The largest absolute Gasteiger partial charge is 0.473 e. The van der Waals surface area contributed by atoms with Crippen LogP contribution in [0.3, 0.4) is 0 Å². The van der Waals surface area contributed by atoms with Gasteiger partial charge in [0.1, 0.15) is 0 Å². The van der Waals surface area contributed by atoms with Crippen LogP contribution in [0.2, 0.25) is 0 Å². The third kappa shape index (κ3) is 18.1. The van der Waals surface area contributed by atoms with Gasteiger partial charge in [-0.2, -0.15) is 0 Å². The van der Waals surface area contributed by atoms with Crippen molar-refractivity contribution in [2.75, 3.05) is 0 Å². The van der Waals surface area contributed by atoms with Gasteiger partial charge in [-0.15, -0.1) is 0 Å². The van der Waals surface area contributed by atoms with E-state index in [1.54, 1.807) is 19.4 Å². The number of nitrogens with zero attached hydrogens (tertiary/aromatic N) is 1. The Kier molecular flexibility index (Phi) is 14.7. The summed E-state index contributed by atoms with van der Waals surface area (Å²) in [6.07, 6.45) is 7.75. The Labute approximate surface area is 80.4 Å². The zero-order valence-corrected chi connectivity index (χ0v) is 8.82. The monoisotopic (exact) mass is 185 g/mol. The van der Waals surface area contributed by atoms with Crippen molar-refractivity contribution in [3.05, 3.63) is 24.7 Å². The SMILES string of the molecule is CC=COC=CC.CCC(C)=NO. The summed E-state index contributed by atoms with van der Waals surface area (Å²) in [5.41, 5.74) is 0.773. The first-order valence-corrected chi connectivity index (χ1v) is 4.28. The lowest BCUT2D eigenvalue weighted by molar-refractivity contribution is 0.317. The minimum atomic E-state index is 0.773. The van der Waals surface area contributed by atoms with Crippen LogP contribution in [0.5, 0.6) is 0 Å². The zero-order chi connectivity index (χ0) is 10.5. The summed E-state index contributed by atoms with van der Waals surface area (Å²) in [5, 5.41) is 10.8. The maximum atomic E-state index is 7.92. The first kappa shape index (κ1) is 14.3. The Hall–Kier alpha value is -1.25. The van der Waals surface area contributed by atoms with E-state index in [-0.39, 0.29) is 0 Å². The molecule has 3 heteroatoms. The van der Waals surface area contributed by atoms with Gasteiger partial charge in [0.05, 0.1) is 18.2 Å². The molecule has 0 aliphatic heterocycles. The highest BCUT2D eigenvalue weighted by Crippen LogP contribution is 1.78. The van der Waals surface area contributed by atoms with Crippen molar-refractivity contribution in [2.24, 2.45) is 5.16 Å². The van der Waals surface area contributed by atoms with Crippen LogP contribution >= 0.6 is 0 Å². The van der Waals surface area contributed by atoms with Gasteiger partial charge in [0.25, 0.3) is 0 Å². The Balaban J connectivity index is 0. The lowest BCUT2D eigenvalue weighted by Crippen LogP contribution is -1.83. The van der Waals surface area contributed by atoms with E-state index < -0.39 is 0 Å². The molecule has 0 atom stereocenters. The molecule has 76 valence electrons. The van der Waals surface area contributed by atoms with Gasteiger partial charge in [-0.1, -0.05) is 24.2 Å². The van der Waals surface area contributed by atoms with E-state index in [9.17, 15) is 0 Å². The van der Waals surface area contributed by atoms with Gasteiger partial charge in [-0.25, -0.2) is 0 Å². The van der Waals surface area contributed by atoms with Crippen LogP contribution in [0.1, 0.15) is 34.1 Å². The highest BCUT2D eigenvalue weighted by molar-refractivity contribution is 5.80. The molecular weight excluding hydrogens is 166 g/mol. The van der Waals surface area contributed by atoms with Gasteiger partial charge in [-0.3, -0.25) is 0 Å². The minimum absolute atomic E-state index is 0.773. The molecule has 0 heterocycles. The predicted octanol–water partition coefficient (Wildman–Crippen LogP) is 3.32. The van der Waals surface area contributed by atoms with Crippen LogP contribution in [0.25, 0.3) is 0 Å². The van der Waals surface area contributed by atoms with Gasteiger partial charge in [-0.05, 0) is 27.2 Å². The number of rotatable bonds is 3. The number of hydrogen-bond acceptors (Lipinski definition) is 3. The highest BCUT2D eigenvalue weighted by Gasteiger charge is 1.77. The molecule has 0 aliphatic carbocycles. The normalized spacial score (nSPS) is 11.5. The van der Waals surface area contributed by atoms with Crippen molar-refractivity contribution in [1.29, 1.82) is 0 Å². The average Bonchev–Trinajstić information content (AvgIpc) is 2.18. The molecule has 0 amide bonds. The van der Waals surface area contributed by atoms with E-state index >= 15 is 0 Å². The molecule has 0 saturated carbocycles. The molecule has 0 fully saturated rings. The van der Waals surface area contributed by atoms with Crippen LogP contribution in [0, 0.1) is 0 Å². The fourth-order valence-corrected chi connectivity index (χ4v) is 0.273. The summed E-state index contributed by atoms with van der Waals surface area (Å²) in [6.45, 7) is 7.53. The van der Waals surface area contributed by atoms with E-state index in [4.69, 9.17) is 9.94 Å². The molecule has 13 heavy (non-hydrogen) atoms. The van der Waals surface area contributed by atoms with Gasteiger partial charge in [0.15, 0.2) is 0 Å². The Morgan fingerprint density at radius 3 is 1.92 bits per heavy atom. The zero-order valence-electron chi connectivity index (χ0n) is 8.82. The summed E-state index contributed by atoms with van der Waals surface area (Å²) in [5.74, 6) is 0. The highest BCUT2D eigenvalue weighted by atomic mass is 16.5. The molecule has 0 aromatic heterocycles. The molecular formula is C10H19NO2. The molecule has 0 unspecified atom stereocenters. The maximum Gasteiger partial charge on any atom is 0.0858 e. The van der Waals surface area contributed by atoms with Crippen molar-refractivity contribution in [3.8, 4) is 0 Å². The van der Waals surface area contributed by atoms with Crippen molar-refractivity contribution in [2.45, 2.75) is 34.1 Å². The van der Waals surface area contributed by atoms with Crippen LogP contribution < -0.4 is 0 Å². The fraction of sp³-hybridized carbons (Fsp3) is 0.500. The van der Waals surface area contributed by atoms with E-state index in [1.807, 2.05) is 32.9 Å². The molecule has 0 rings (SSSR count). The van der Waals surface area contributed by atoms with Crippen LogP contribution in [0.4, 0.5) is 0 Å². The van der Waals surface area contributed by atoms with Crippen molar-refractivity contribution in [3.63, 3.8) is 0 Å². The average molecular weight is 185 g/mol. The summed E-state index contributed by atoms with van der Waals surface area (Å²) >= 11 is 0. The number of oxime groups is 1. The van der Waals surface area contributed by atoms with E-state index in [0.29, 0.717) is 0 Å². The summed E-state index contributed by atoms with van der Waals surface area (Å²) in [7, 11) is 0. The lowest BCUT2D eigenvalue weighted by atomic mass is 10.3. The number of ether oxygens (including phenoxy) is 1. The molecule has 0 aliphatic rings. The molecule has 1 N–H and O–H groups in total. The smallest absolute Gasteiger partial charge is 0.0858 e. The molecule has 0 bridgehead atoms. The predicted molar refractivity (Wildman–Crippen MR) is 55.9 cm³/mol. The van der Waals surface area contributed by atoms with Crippen LogP contribution in [0.15, 0.2) is 29.8 Å². The quantitative estimate of drug-likeness (QED) is 0.317. The molecule has 0 spiro atoms. The minimum Gasteiger partial charge on any atom is -0.473 e. The number of hydrogen-bond donors (Lipinski definition) is 1. The lowest BCUT2D eigenvalue weighted by Gasteiger charge is -1.82. The van der Waals surface area contributed by atoms with Crippen molar-refractivity contribution in [1.82, 2.24) is 0 Å². The molecule has 0 aromatic rings. The summed E-state index contributed by atoms with van der Waals surface area (Å²) in [6, 6.07) is 0. The van der Waals surface area contributed by atoms with Crippen LogP contribution in [-0.2, 0) is 4.74 Å². The van der Waals surface area contributed by atoms with E-state index in [1.165, 1.54) is 0 Å². The molecule has 0 aromatic carbocycles. The van der Waals surface area contributed by atoms with Gasteiger partial charge >= 0.3 is 0 Å². The van der Waals surface area contributed by atoms with Crippen molar-refractivity contribution >= 4 is 5.71 Å². The molecule has 0 saturated heterocycles. The topological polar surface area (TPSA) is 41.8 Å². The first-order chi connectivity index (χ1) is 6.22. The maximum absolute atomic E-state index is 7.92. The fourth-order valence-electron chi connectivity index (χ4n) is 0.273. The van der Waals surface area contributed by atoms with Gasteiger partial charge < -0.3 is 9.94 Å². The summed E-state index contributed by atoms with van der Waals surface area (Å²) < 4.78 is 4.77. The third-order valence-electron chi connectivity index (χ3n) is 1.11. The van der Waals surface area contributed by atoms with Crippen molar-refractivity contribution < 1.29 is 9.94 Å². The Bertz CT molecular complexity index is 162. The standard InChI is InChI=1S/C6H10O.C4H9NO/c1-3-5-7-6-4-2;1-3-4(2)5-6/h3-6H,1-2H3;6H,3H2,1-2H3. The first-order valence-electron chi connectivity index (χ1n) is 4.28.